The highest BCUT2D eigenvalue weighted by molar-refractivity contribution is 5.86. The van der Waals surface area contributed by atoms with Gasteiger partial charge >= 0.3 is 0 Å². The van der Waals surface area contributed by atoms with Crippen molar-refractivity contribution in [2.45, 2.75) is 18.9 Å². The maximum Gasteiger partial charge on any atom is 0.227 e. The van der Waals surface area contributed by atoms with Crippen LogP contribution in [0.1, 0.15) is 12.8 Å². The Labute approximate surface area is 175 Å². The quantitative estimate of drug-likeness (QED) is 0.488. The molecule has 7 nitrogen and oxygen atoms in total. The number of methoxy groups -OCH3 is 1. The van der Waals surface area contributed by atoms with Gasteiger partial charge in [-0.2, -0.15) is 0 Å². The summed E-state index contributed by atoms with van der Waals surface area (Å²) in [5.74, 6) is 0.854. The number of benzene rings is 2. The topological polar surface area (TPSA) is 80.3 Å². The predicted octanol–water partition coefficient (Wildman–Crippen LogP) is 3.70. The summed E-state index contributed by atoms with van der Waals surface area (Å²) in [4.78, 5) is 8.97. The van der Waals surface area contributed by atoms with E-state index in [0.29, 0.717) is 24.8 Å². The van der Waals surface area contributed by atoms with Gasteiger partial charge in [0.05, 0.1) is 17.8 Å². The maximum absolute atomic E-state index is 13.5. The number of piperidine rings is 1. The van der Waals surface area contributed by atoms with Gasteiger partial charge in [-0.15, -0.1) is 0 Å². The lowest BCUT2D eigenvalue weighted by atomic mass is 10.1. The normalized spacial score (nSPS) is 14.6. The molecule has 3 N–H and O–H groups in total. The zero-order valence-corrected chi connectivity index (χ0v) is 17.0. The number of nitrogens with one attached hydrogen (secondary N) is 3. The van der Waals surface area contributed by atoms with Gasteiger partial charge in [-0.25, -0.2) is 14.4 Å². The molecule has 0 aliphatic carbocycles. The van der Waals surface area contributed by atoms with E-state index >= 15 is 0 Å². The van der Waals surface area contributed by atoms with Gasteiger partial charge in [-0.05, 0) is 50.2 Å². The molecule has 1 aliphatic heterocycles. The van der Waals surface area contributed by atoms with Crippen LogP contribution < -0.4 is 20.7 Å². The van der Waals surface area contributed by atoms with Crippen molar-refractivity contribution in [2.24, 2.45) is 0 Å². The van der Waals surface area contributed by atoms with Crippen molar-refractivity contribution in [3.05, 3.63) is 48.4 Å². The lowest BCUT2D eigenvalue weighted by molar-refractivity contribution is 0.163. The molecule has 0 radical (unpaired) electrons. The van der Waals surface area contributed by atoms with Gasteiger partial charge in [0.25, 0.3) is 0 Å². The first-order valence-electron chi connectivity index (χ1n) is 10.1. The molecular weight excluding hydrogens is 385 g/mol. The molecule has 0 spiro atoms. The Kier molecular flexibility index (Phi) is 6.56. The van der Waals surface area contributed by atoms with E-state index in [1.165, 1.54) is 12.1 Å². The molecular formula is C22H26FN5O2. The van der Waals surface area contributed by atoms with Crippen LogP contribution in [0.5, 0.6) is 5.75 Å². The van der Waals surface area contributed by atoms with Crippen molar-refractivity contribution in [3.8, 4) is 5.75 Å². The summed E-state index contributed by atoms with van der Waals surface area (Å²) in [6.45, 7) is 3.17. The van der Waals surface area contributed by atoms with E-state index in [0.717, 1.165) is 48.3 Å². The second-order valence-electron chi connectivity index (χ2n) is 7.22. The molecule has 2 aromatic carbocycles. The minimum Gasteiger partial charge on any atom is -0.488 e. The molecule has 0 saturated carbocycles. The average molecular weight is 411 g/mol. The Morgan fingerprint density at radius 2 is 2.07 bits per heavy atom. The van der Waals surface area contributed by atoms with E-state index in [4.69, 9.17) is 9.47 Å². The highest BCUT2D eigenvalue weighted by atomic mass is 19.1. The summed E-state index contributed by atoms with van der Waals surface area (Å²) in [5, 5.41) is 10.7. The molecule has 30 heavy (non-hydrogen) atoms. The van der Waals surface area contributed by atoms with Gasteiger partial charge in [0.2, 0.25) is 5.95 Å². The molecule has 1 saturated heterocycles. The van der Waals surface area contributed by atoms with Crippen molar-refractivity contribution in [1.82, 2.24) is 15.3 Å². The highest BCUT2D eigenvalue weighted by Crippen LogP contribution is 2.32. The predicted molar refractivity (Wildman–Crippen MR) is 116 cm³/mol. The number of nitrogens with zero attached hydrogens (tertiary/aromatic N) is 2. The molecule has 3 aromatic rings. The third kappa shape index (κ3) is 5.14. The first kappa shape index (κ1) is 20.3. The smallest absolute Gasteiger partial charge is 0.227 e. The number of ether oxygens (including phenoxy) is 2. The third-order valence-corrected chi connectivity index (χ3v) is 4.96. The zero-order valence-electron chi connectivity index (χ0n) is 17.0. The standard InChI is InChI=1S/C22H26FN5O2/c1-29-10-9-25-20-11-15-14-26-22(27-17-4-2-3-16(23)12-17)28-19(15)13-21(20)30-18-5-7-24-8-6-18/h2-4,11-14,18,24-25H,5-10H2,1H3,(H,26,27,28). The van der Waals surface area contributed by atoms with Crippen LogP contribution >= 0.6 is 0 Å². The summed E-state index contributed by atoms with van der Waals surface area (Å²) in [5.41, 5.74) is 2.25. The van der Waals surface area contributed by atoms with Crippen LogP contribution in [0.4, 0.5) is 21.7 Å². The Hall–Kier alpha value is -2.97. The van der Waals surface area contributed by atoms with Gasteiger partial charge < -0.3 is 25.4 Å². The molecule has 0 bridgehead atoms. The molecule has 158 valence electrons. The van der Waals surface area contributed by atoms with Crippen LogP contribution in [0.3, 0.4) is 0 Å². The van der Waals surface area contributed by atoms with Crippen LogP contribution in [-0.2, 0) is 4.74 Å². The number of anilines is 3. The fourth-order valence-corrected chi connectivity index (χ4v) is 3.43. The summed E-state index contributed by atoms with van der Waals surface area (Å²) in [6.07, 6.45) is 3.84. The summed E-state index contributed by atoms with van der Waals surface area (Å²) < 4.78 is 24.9. The lowest BCUT2D eigenvalue weighted by Gasteiger charge is -2.25. The Bertz CT molecular complexity index is 994. The van der Waals surface area contributed by atoms with Gasteiger partial charge in [-0.3, -0.25) is 0 Å². The van der Waals surface area contributed by atoms with E-state index < -0.39 is 0 Å². The van der Waals surface area contributed by atoms with Crippen LogP contribution in [0.25, 0.3) is 10.9 Å². The lowest BCUT2D eigenvalue weighted by Crippen LogP contribution is -2.34. The van der Waals surface area contributed by atoms with Crippen LogP contribution in [0.15, 0.2) is 42.6 Å². The van der Waals surface area contributed by atoms with Crippen molar-refractivity contribution in [3.63, 3.8) is 0 Å². The highest BCUT2D eigenvalue weighted by Gasteiger charge is 2.17. The number of fused-ring (bicyclic) bond motifs is 1. The van der Waals surface area contributed by atoms with Gasteiger partial charge in [0, 0.05) is 37.0 Å². The SMILES string of the molecule is COCCNc1cc2cnc(Nc3cccc(F)c3)nc2cc1OC1CCNCC1. The molecule has 0 atom stereocenters. The Balaban J connectivity index is 1.61. The van der Waals surface area contributed by atoms with Crippen molar-refractivity contribution in [1.29, 1.82) is 0 Å². The van der Waals surface area contributed by atoms with Gasteiger partial charge in [-0.1, -0.05) is 6.07 Å². The molecule has 0 amide bonds. The van der Waals surface area contributed by atoms with Crippen LogP contribution in [0.2, 0.25) is 0 Å². The van der Waals surface area contributed by atoms with E-state index in [2.05, 4.69) is 25.9 Å². The number of aromatic nitrogens is 2. The van der Waals surface area contributed by atoms with E-state index in [1.807, 2.05) is 12.1 Å². The number of hydrogen-bond donors (Lipinski definition) is 3. The molecule has 1 aromatic heterocycles. The largest absolute Gasteiger partial charge is 0.488 e. The van der Waals surface area contributed by atoms with Crippen molar-refractivity contribution in [2.75, 3.05) is 44.0 Å². The van der Waals surface area contributed by atoms with Gasteiger partial charge in [0.1, 0.15) is 17.7 Å². The van der Waals surface area contributed by atoms with E-state index in [-0.39, 0.29) is 11.9 Å². The monoisotopic (exact) mass is 411 g/mol. The first-order valence-corrected chi connectivity index (χ1v) is 10.1. The van der Waals surface area contributed by atoms with Crippen LogP contribution in [-0.4, -0.2) is 49.4 Å². The summed E-state index contributed by atoms with van der Waals surface area (Å²) in [6, 6.07) is 10.1. The maximum atomic E-state index is 13.5. The number of hydrogen-bond acceptors (Lipinski definition) is 7. The molecule has 1 aliphatic rings. The molecule has 0 unspecified atom stereocenters. The zero-order chi connectivity index (χ0) is 20.8. The molecule has 1 fully saturated rings. The molecule has 4 rings (SSSR count). The molecule has 2 heterocycles. The van der Waals surface area contributed by atoms with E-state index in [1.54, 1.807) is 25.4 Å². The second kappa shape index (κ2) is 9.69. The minimum atomic E-state index is -0.315. The fourth-order valence-electron chi connectivity index (χ4n) is 3.43. The minimum absolute atomic E-state index is 0.165. The van der Waals surface area contributed by atoms with E-state index in [9.17, 15) is 4.39 Å². The summed E-state index contributed by atoms with van der Waals surface area (Å²) in [7, 11) is 1.68. The number of halogens is 1. The second-order valence-corrected chi connectivity index (χ2v) is 7.22. The van der Waals surface area contributed by atoms with Crippen molar-refractivity contribution >= 4 is 28.2 Å². The fraction of sp³-hybridized carbons (Fsp3) is 0.364. The van der Waals surface area contributed by atoms with Crippen LogP contribution in [0, 0.1) is 5.82 Å². The Morgan fingerprint density at radius 3 is 2.87 bits per heavy atom. The van der Waals surface area contributed by atoms with Crippen molar-refractivity contribution < 1.29 is 13.9 Å². The Morgan fingerprint density at radius 1 is 1.20 bits per heavy atom. The van der Waals surface area contributed by atoms with Gasteiger partial charge in [0.15, 0.2) is 0 Å². The average Bonchev–Trinajstić information content (AvgIpc) is 2.75. The summed E-state index contributed by atoms with van der Waals surface area (Å²) >= 11 is 0. The first-order chi connectivity index (χ1) is 14.7. The molecule has 8 heteroatoms. The number of rotatable bonds is 8. The third-order valence-electron chi connectivity index (χ3n) is 4.96.